The molecule has 84 valence electrons. The van der Waals surface area contributed by atoms with E-state index in [-0.39, 0.29) is 0 Å². The number of nitrogen functional groups attached to an aromatic ring is 1. The molecule has 0 aliphatic carbocycles. The molecule has 0 fully saturated rings. The summed E-state index contributed by atoms with van der Waals surface area (Å²) >= 11 is 17.1. The number of imidazole rings is 1. The number of benzene rings is 1. The van der Waals surface area contributed by atoms with Crippen LogP contribution in [0.1, 0.15) is 5.56 Å². The average Bonchev–Trinajstić information content (AvgIpc) is 2.65. The molecule has 0 bridgehead atoms. The highest BCUT2D eigenvalue weighted by atomic mass is 35.5. The fourth-order valence-corrected chi connectivity index (χ4v) is 2.02. The molecule has 0 saturated carbocycles. The molecule has 0 spiro atoms. The van der Waals surface area contributed by atoms with Crippen LogP contribution >= 0.6 is 35.4 Å². The van der Waals surface area contributed by atoms with Gasteiger partial charge in [-0.25, -0.2) is 0 Å². The lowest BCUT2D eigenvalue weighted by Gasteiger charge is -2.08. The van der Waals surface area contributed by atoms with Gasteiger partial charge < -0.3 is 15.3 Å². The third-order valence-corrected chi connectivity index (χ3v) is 3.40. The monoisotopic (exact) mass is 273 g/mol. The van der Waals surface area contributed by atoms with Gasteiger partial charge in [-0.3, -0.25) is 0 Å². The maximum absolute atomic E-state index is 6.10. The SMILES string of the molecule is Nc1c(Cl)ccc(Cn2cc[nH]c2=S)c1Cl. The number of hydrogen-bond donors (Lipinski definition) is 2. The molecule has 16 heavy (non-hydrogen) atoms. The van der Waals surface area contributed by atoms with Gasteiger partial charge in [0.2, 0.25) is 0 Å². The van der Waals surface area contributed by atoms with E-state index in [0.29, 0.717) is 27.0 Å². The van der Waals surface area contributed by atoms with Gasteiger partial charge in [-0.05, 0) is 23.8 Å². The highest BCUT2D eigenvalue weighted by Crippen LogP contribution is 2.30. The normalized spacial score (nSPS) is 10.6. The van der Waals surface area contributed by atoms with Crippen LogP contribution in [0.4, 0.5) is 5.69 Å². The number of halogens is 2. The van der Waals surface area contributed by atoms with Crippen molar-refractivity contribution in [2.24, 2.45) is 0 Å². The van der Waals surface area contributed by atoms with Gasteiger partial charge in [-0.15, -0.1) is 0 Å². The molecule has 1 heterocycles. The minimum Gasteiger partial charge on any atom is -0.396 e. The minimum absolute atomic E-state index is 0.405. The molecule has 0 atom stereocenters. The Hall–Kier alpha value is -0.970. The molecule has 3 nitrogen and oxygen atoms in total. The molecule has 3 N–H and O–H groups in total. The molecule has 1 aromatic carbocycles. The quantitative estimate of drug-likeness (QED) is 0.650. The lowest BCUT2D eigenvalue weighted by Crippen LogP contribution is -2.01. The topological polar surface area (TPSA) is 46.7 Å². The van der Waals surface area contributed by atoms with E-state index in [4.69, 9.17) is 41.2 Å². The van der Waals surface area contributed by atoms with Crippen LogP contribution in [0, 0.1) is 4.77 Å². The number of H-pyrrole nitrogens is 1. The summed E-state index contributed by atoms with van der Waals surface area (Å²) in [6.45, 7) is 0.572. The molecule has 0 aliphatic rings. The number of rotatable bonds is 2. The van der Waals surface area contributed by atoms with Crippen LogP contribution in [0.25, 0.3) is 0 Å². The first-order valence-electron chi connectivity index (χ1n) is 4.56. The van der Waals surface area contributed by atoms with E-state index >= 15 is 0 Å². The van der Waals surface area contributed by atoms with Crippen molar-refractivity contribution in [1.29, 1.82) is 0 Å². The van der Waals surface area contributed by atoms with Gasteiger partial charge in [0.05, 0.1) is 22.3 Å². The highest BCUT2D eigenvalue weighted by molar-refractivity contribution is 7.71. The molecule has 0 amide bonds. The zero-order valence-corrected chi connectivity index (χ0v) is 10.5. The largest absolute Gasteiger partial charge is 0.396 e. The Morgan fingerprint density at radius 3 is 2.75 bits per heavy atom. The van der Waals surface area contributed by atoms with Gasteiger partial charge in [0, 0.05) is 12.4 Å². The Labute approximate surface area is 108 Å². The number of nitrogens with one attached hydrogen (secondary N) is 1. The van der Waals surface area contributed by atoms with E-state index in [1.54, 1.807) is 12.3 Å². The van der Waals surface area contributed by atoms with E-state index in [1.165, 1.54) is 0 Å². The number of anilines is 1. The van der Waals surface area contributed by atoms with Crippen molar-refractivity contribution in [2.45, 2.75) is 6.54 Å². The molecular weight excluding hydrogens is 265 g/mol. The van der Waals surface area contributed by atoms with Crippen molar-refractivity contribution in [2.75, 3.05) is 5.73 Å². The second-order valence-electron chi connectivity index (χ2n) is 3.33. The Bertz CT molecular complexity index is 574. The summed E-state index contributed by atoms with van der Waals surface area (Å²) in [5, 5.41) is 0.946. The van der Waals surface area contributed by atoms with Gasteiger partial charge in [-0.2, -0.15) is 0 Å². The molecule has 1 aromatic heterocycles. The molecule has 6 heteroatoms. The van der Waals surface area contributed by atoms with Crippen LogP contribution in [0.2, 0.25) is 10.0 Å². The number of hydrogen-bond acceptors (Lipinski definition) is 2. The maximum atomic E-state index is 6.10. The summed E-state index contributed by atoms with van der Waals surface area (Å²) in [5.41, 5.74) is 7.04. The molecule has 0 unspecified atom stereocenters. The van der Waals surface area contributed by atoms with Crippen molar-refractivity contribution in [3.63, 3.8) is 0 Å². The van der Waals surface area contributed by atoms with Crippen LogP contribution in [0.5, 0.6) is 0 Å². The van der Waals surface area contributed by atoms with Crippen molar-refractivity contribution in [3.05, 3.63) is 44.9 Å². The molecule has 0 radical (unpaired) electrons. The predicted molar refractivity (Wildman–Crippen MR) is 69.6 cm³/mol. The Morgan fingerprint density at radius 1 is 1.38 bits per heavy atom. The summed E-state index contributed by atoms with van der Waals surface area (Å²) in [7, 11) is 0. The Morgan fingerprint density at radius 2 is 2.12 bits per heavy atom. The van der Waals surface area contributed by atoms with Crippen LogP contribution < -0.4 is 5.73 Å². The first kappa shape index (κ1) is 11.5. The van der Waals surface area contributed by atoms with E-state index in [1.807, 2.05) is 16.8 Å². The summed E-state index contributed by atoms with van der Waals surface area (Å²) in [6.07, 6.45) is 3.62. The smallest absolute Gasteiger partial charge is 0.177 e. The Balaban J connectivity index is 2.40. The molecule has 2 rings (SSSR count). The number of aromatic nitrogens is 2. The van der Waals surface area contributed by atoms with Crippen molar-refractivity contribution >= 4 is 41.1 Å². The molecular formula is C10H9Cl2N3S. The van der Waals surface area contributed by atoms with Crippen molar-refractivity contribution in [1.82, 2.24) is 9.55 Å². The van der Waals surface area contributed by atoms with Gasteiger partial charge >= 0.3 is 0 Å². The van der Waals surface area contributed by atoms with Crippen molar-refractivity contribution in [3.8, 4) is 0 Å². The average molecular weight is 274 g/mol. The summed E-state index contributed by atoms with van der Waals surface area (Å²) in [6, 6.07) is 3.57. The van der Waals surface area contributed by atoms with Crippen LogP contribution in [0.3, 0.4) is 0 Å². The van der Waals surface area contributed by atoms with E-state index in [0.717, 1.165) is 5.56 Å². The van der Waals surface area contributed by atoms with E-state index in [2.05, 4.69) is 4.98 Å². The van der Waals surface area contributed by atoms with Crippen molar-refractivity contribution < 1.29 is 0 Å². The third-order valence-electron chi connectivity index (χ3n) is 2.27. The fraction of sp³-hybridized carbons (Fsp3) is 0.100. The zero-order valence-electron chi connectivity index (χ0n) is 8.21. The predicted octanol–water partition coefficient (Wildman–Crippen LogP) is 3.48. The molecule has 0 saturated heterocycles. The van der Waals surface area contributed by atoms with Crippen LogP contribution in [-0.2, 0) is 6.54 Å². The third kappa shape index (κ3) is 2.09. The Kier molecular flexibility index (Phi) is 3.23. The number of aromatic amines is 1. The fourth-order valence-electron chi connectivity index (χ4n) is 1.39. The zero-order chi connectivity index (χ0) is 11.7. The number of nitrogens with zero attached hydrogens (tertiary/aromatic N) is 1. The first-order valence-corrected chi connectivity index (χ1v) is 5.72. The van der Waals surface area contributed by atoms with Crippen LogP contribution in [-0.4, -0.2) is 9.55 Å². The second-order valence-corrected chi connectivity index (χ2v) is 4.50. The van der Waals surface area contributed by atoms with E-state index in [9.17, 15) is 0 Å². The van der Waals surface area contributed by atoms with Gasteiger partial charge in [0.25, 0.3) is 0 Å². The van der Waals surface area contributed by atoms with Crippen LogP contribution in [0.15, 0.2) is 24.5 Å². The first-order chi connectivity index (χ1) is 7.59. The standard InChI is InChI=1S/C10H9Cl2N3S/c11-7-2-1-6(8(12)9(7)13)5-15-4-3-14-10(15)16/h1-4H,5,13H2,(H,14,16). The second kappa shape index (κ2) is 4.49. The van der Waals surface area contributed by atoms with E-state index < -0.39 is 0 Å². The summed E-state index contributed by atoms with van der Waals surface area (Å²) < 4.78 is 2.51. The number of nitrogens with two attached hydrogens (primary N) is 1. The maximum Gasteiger partial charge on any atom is 0.177 e. The summed E-state index contributed by atoms with van der Waals surface area (Å²) in [4.78, 5) is 2.91. The molecule has 2 aromatic rings. The highest BCUT2D eigenvalue weighted by Gasteiger charge is 2.08. The molecule has 0 aliphatic heterocycles. The van der Waals surface area contributed by atoms with Gasteiger partial charge in [-0.1, -0.05) is 29.3 Å². The van der Waals surface area contributed by atoms with Gasteiger partial charge in [0.15, 0.2) is 4.77 Å². The minimum atomic E-state index is 0.405. The summed E-state index contributed by atoms with van der Waals surface area (Å²) in [5.74, 6) is 0. The lowest BCUT2D eigenvalue weighted by molar-refractivity contribution is 0.784. The van der Waals surface area contributed by atoms with Gasteiger partial charge in [0.1, 0.15) is 0 Å². The lowest BCUT2D eigenvalue weighted by atomic mass is 10.2.